The van der Waals surface area contributed by atoms with Crippen molar-refractivity contribution >= 4 is 58.0 Å². The maximum absolute atomic E-state index is 13.2. The monoisotopic (exact) mass is 597 g/mol. The predicted molar refractivity (Wildman–Crippen MR) is 150 cm³/mol. The highest BCUT2D eigenvalue weighted by atomic mass is 35.5. The fraction of sp³-hybridized carbons (Fsp3) is 0.333. The minimum absolute atomic E-state index is 0.0226. The fourth-order valence-corrected chi connectivity index (χ4v) is 5.75. The Morgan fingerprint density at radius 2 is 1.98 bits per heavy atom. The summed E-state index contributed by atoms with van der Waals surface area (Å²) in [6, 6.07) is 5.41. The number of fused-ring (bicyclic) bond motifs is 2. The van der Waals surface area contributed by atoms with Crippen molar-refractivity contribution in [1.82, 2.24) is 25.4 Å². The molecule has 1 fully saturated rings. The second-order valence-corrected chi connectivity index (χ2v) is 10.4. The molecule has 2 aliphatic heterocycles. The van der Waals surface area contributed by atoms with Gasteiger partial charge in [-0.2, -0.15) is 5.26 Å². The summed E-state index contributed by atoms with van der Waals surface area (Å²) in [7, 11) is 0. The lowest BCUT2D eigenvalue weighted by molar-refractivity contribution is -0.139. The molecule has 0 aliphatic carbocycles. The zero-order valence-corrected chi connectivity index (χ0v) is 23.2. The molecule has 0 spiro atoms. The first-order valence-corrected chi connectivity index (χ1v) is 13.6. The summed E-state index contributed by atoms with van der Waals surface area (Å²) in [6.45, 7) is 1.68. The first-order valence-electron chi connectivity index (χ1n) is 12.9. The zero-order chi connectivity index (χ0) is 29.1. The van der Waals surface area contributed by atoms with Gasteiger partial charge >= 0.3 is 5.97 Å². The number of aromatic nitrogens is 1. The van der Waals surface area contributed by atoms with Crippen LogP contribution in [0.15, 0.2) is 39.9 Å². The third kappa shape index (κ3) is 5.91. The molecular weight excluding hydrogens is 573 g/mol. The highest BCUT2D eigenvalue weighted by molar-refractivity contribution is 6.40. The van der Waals surface area contributed by atoms with Gasteiger partial charge in [-0.15, -0.1) is 4.99 Å². The molecule has 5 rings (SSSR count). The smallest absolute Gasteiger partial charge is 0.328 e. The van der Waals surface area contributed by atoms with E-state index in [2.05, 4.69) is 20.6 Å². The number of carbonyl (C=O) groups is 3. The lowest BCUT2D eigenvalue weighted by Gasteiger charge is -2.30. The van der Waals surface area contributed by atoms with Crippen LogP contribution < -0.4 is 10.6 Å². The Bertz CT molecular complexity index is 1560. The highest BCUT2D eigenvalue weighted by Gasteiger charge is 2.31. The van der Waals surface area contributed by atoms with Gasteiger partial charge < -0.3 is 30.0 Å². The topological polar surface area (TPSA) is 164 Å². The van der Waals surface area contributed by atoms with Gasteiger partial charge in [-0.1, -0.05) is 23.2 Å². The number of benzene rings is 1. The molecule has 41 heavy (non-hydrogen) atoms. The quantitative estimate of drug-likeness (QED) is 0.220. The average Bonchev–Trinajstić information content (AvgIpc) is 3.64. The number of guanidine groups is 1. The van der Waals surface area contributed by atoms with E-state index >= 15 is 0 Å². The van der Waals surface area contributed by atoms with Gasteiger partial charge in [0.05, 0.1) is 15.6 Å². The largest absolute Gasteiger partial charge is 0.480 e. The molecule has 2 amide bonds. The van der Waals surface area contributed by atoms with Gasteiger partial charge in [0.25, 0.3) is 11.8 Å². The summed E-state index contributed by atoms with van der Waals surface area (Å²) in [4.78, 5) is 49.6. The number of hydrogen-bond donors (Lipinski definition) is 3. The summed E-state index contributed by atoms with van der Waals surface area (Å²) in [5.74, 6) is -1.94. The summed E-state index contributed by atoms with van der Waals surface area (Å²) in [5, 5.41) is 24.9. The van der Waals surface area contributed by atoms with Gasteiger partial charge in [-0.05, 0) is 54.7 Å². The summed E-state index contributed by atoms with van der Waals surface area (Å²) in [5.41, 5.74) is 1.64. The van der Waals surface area contributed by atoms with Crippen molar-refractivity contribution in [3.63, 3.8) is 0 Å². The molecule has 1 aromatic carbocycles. The number of aliphatic carboxylic acids is 1. The van der Waals surface area contributed by atoms with Crippen LogP contribution in [-0.4, -0.2) is 75.9 Å². The standard InChI is InChI=1S/C27H25Cl2N7O5/c28-18-10-16-13-36(25(38)20-11-15-4-3-6-31-24(15)41-20)9-5-17(16)22(29)21(18)23(37)34-19(26(39)40)12-32-27(33-14-30)35-7-1-2-8-35/h3-4,6,10-11,19H,1-2,5,7-9,12-13H2,(H,32,33)(H,34,37)(H,39,40). The van der Waals surface area contributed by atoms with E-state index in [-0.39, 0.29) is 46.3 Å². The van der Waals surface area contributed by atoms with Crippen LogP contribution in [0.1, 0.15) is 44.9 Å². The molecule has 212 valence electrons. The molecule has 12 nitrogen and oxygen atoms in total. The molecule has 3 N–H and O–H groups in total. The maximum atomic E-state index is 13.2. The number of nitrogens with one attached hydrogen (secondary N) is 2. The number of aliphatic imine (C=N–C) groups is 1. The first-order chi connectivity index (χ1) is 19.8. The molecule has 0 bridgehead atoms. The number of likely N-dealkylation sites (tertiary alicyclic amines) is 1. The Morgan fingerprint density at radius 3 is 2.68 bits per heavy atom. The van der Waals surface area contributed by atoms with Crippen molar-refractivity contribution in [2.45, 2.75) is 31.8 Å². The van der Waals surface area contributed by atoms with Crippen LogP contribution in [0.4, 0.5) is 0 Å². The normalized spacial score (nSPS) is 15.8. The Morgan fingerprint density at radius 1 is 1.20 bits per heavy atom. The fourth-order valence-electron chi connectivity index (χ4n) is 4.99. The number of nitriles is 1. The van der Waals surface area contributed by atoms with Gasteiger partial charge in [0.15, 0.2) is 5.76 Å². The van der Waals surface area contributed by atoms with E-state index in [4.69, 9.17) is 32.9 Å². The number of rotatable bonds is 6. The molecule has 1 unspecified atom stereocenters. The minimum atomic E-state index is -1.36. The maximum Gasteiger partial charge on any atom is 0.328 e. The van der Waals surface area contributed by atoms with Gasteiger partial charge in [0, 0.05) is 44.3 Å². The second kappa shape index (κ2) is 12.0. The Labute approximate surface area is 244 Å². The average molecular weight is 598 g/mol. The zero-order valence-electron chi connectivity index (χ0n) is 21.7. The summed E-state index contributed by atoms with van der Waals surface area (Å²) in [6.07, 6.45) is 5.52. The number of pyridine rings is 1. The van der Waals surface area contributed by atoms with Crippen molar-refractivity contribution < 1.29 is 23.9 Å². The van der Waals surface area contributed by atoms with Gasteiger partial charge in [0.1, 0.15) is 6.04 Å². The van der Waals surface area contributed by atoms with Crippen LogP contribution in [-0.2, 0) is 17.8 Å². The Hall–Kier alpha value is -4.34. The predicted octanol–water partition coefficient (Wildman–Crippen LogP) is 3.04. The first kappa shape index (κ1) is 28.2. The summed E-state index contributed by atoms with van der Waals surface area (Å²) < 4.78 is 5.62. The molecule has 3 aromatic rings. The van der Waals surface area contributed by atoms with Crippen LogP contribution in [0.3, 0.4) is 0 Å². The lowest BCUT2D eigenvalue weighted by atomic mass is 9.96. The number of furan rings is 1. The minimum Gasteiger partial charge on any atom is -0.480 e. The number of halogens is 2. The van der Waals surface area contributed by atoms with Crippen LogP contribution in [0.25, 0.3) is 11.1 Å². The van der Waals surface area contributed by atoms with Crippen LogP contribution in [0.5, 0.6) is 0 Å². The van der Waals surface area contributed by atoms with Crippen molar-refractivity contribution in [1.29, 1.82) is 5.26 Å². The number of amides is 2. The third-order valence-electron chi connectivity index (χ3n) is 7.05. The van der Waals surface area contributed by atoms with E-state index in [9.17, 15) is 19.5 Å². The van der Waals surface area contributed by atoms with E-state index in [1.54, 1.807) is 41.6 Å². The van der Waals surface area contributed by atoms with Crippen molar-refractivity contribution in [3.05, 3.63) is 63.0 Å². The van der Waals surface area contributed by atoms with Crippen LogP contribution in [0.2, 0.25) is 10.0 Å². The molecule has 1 atom stereocenters. The van der Waals surface area contributed by atoms with Crippen molar-refractivity contribution in [3.8, 4) is 6.19 Å². The lowest BCUT2D eigenvalue weighted by Crippen LogP contribution is -2.51. The Balaban J connectivity index is 1.30. The van der Waals surface area contributed by atoms with E-state index < -0.39 is 17.9 Å². The number of carboxylic acid groups (broad SMARTS) is 1. The molecule has 2 aliphatic rings. The number of nitrogens with zero attached hydrogens (tertiary/aromatic N) is 5. The number of carboxylic acids is 1. The highest BCUT2D eigenvalue weighted by Crippen LogP contribution is 2.35. The van der Waals surface area contributed by atoms with Gasteiger partial charge in [-0.25, -0.2) is 9.78 Å². The van der Waals surface area contributed by atoms with Gasteiger partial charge in [-0.3, -0.25) is 9.59 Å². The van der Waals surface area contributed by atoms with Crippen molar-refractivity contribution in [2.75, 3.05) is 26.2 Å². The third-order valence-corrected chi connectivity index (χ3v) is 7.77. The second-order valence-electron chi connectivity index (χ2n) is 9.64. The van der Waals surface area contributed by atoms with Gasteiger partial charge in [0.2, 0.25) is 17.9 Å². The molecule has 0 saturated carbocycles. The molecule has 4 heterocycles. The summed E-state index contributed by atoms with van der Waals surface area (Å²) >= 11 is 13.1. The Kier molecular flexibility index (Phi) is 8.28. The molecular formula is C27H25Cl2N7O5. The van der Waals surface area contributed by atoms with Crippen LogP contribution in [0, 0.1) is 11.5 Å². The van der Waals surface area contributed by atoms with Crippen molar-refractivity contribution in [2.24, 2.45) is 4.99 Å². The van der Waals surface area contributed by atoms with E-state index in [0.717, 1.165) is 18.2 Å². The van der Waals surface area contributed by atoms with E-state index in [1.165, 1.54) is 0 Å². The van der Waals surface area contributed by atoms with E-state index in [1.807, 2.05) is 4.90 Å². The number of hydrogen-bond acceptors (Lipinski definition) is 7. The molecule has 1 saturated heterocycles. The van der Waals surface area contributed by atoms with E-state index in [0.29, 0.717) is 42.9 Å². The number of carbonyl (C=O) groups excluding carboxylic acids is 2. The van der Waals surface area contributed by atoms with Crippen LogP contribution >= 0.6 is 23.2 Å². The molecule has 0 radical (unpaired) electrons. The molecule has 2 aromatic heterocycles. The molecule has 14 heteroatoms. The SMILES string of the molecule is N#C/N=C(/NCC(NC(=O)c1c(Cl)cc2c(c1Cl)CCN(C(=O)c1cc3cccnc3o1)C2)C(=O)O)N1CCCC1.